The van der Waals surface area contributed by atoms with E-state index in [0.29, 0.717) is 27.8 Å². The van der Waals surface area contributed by atoms with Crippen LogP contribution in [0.5, 0.6) is 0 Å². The number of tetrazole rings is 1. The fraction of sp³-hybridized carbons (Fsp3) is 0.0714. The third kappa shape index (κ3) is 2.45. The SMILES string of the molecule is Cc1ccc(Cl)cc1-n1nnnc1-c1cc(F)ccc1N. The van der Waals surface area contributed by atoms with Gasteiger partial charge in [0, 0.05) is 16.3 Å². The van der Waals surface area contributed by atoms with Crippen LogP contribution < -0.4 is 5.73 Å². The minimum Gasteiger partial charge on any atom is -0.398 e. The van der Waals surface area contributed by atoms with Gasteiger partial charge in [0.1, 0.15) is 5.82 Å². The van der Waals surface area contributed by atoms with Gasteiger partial charge in [-0.25, -0.2) is 4.39 Å². The summed E-state index contributed by atoms with van der Waals surface area (Å²) in [5, 5.41) is 12.1. The molecule has 5 nitrogen and oxygen atoms in total. The third-order valence-corrected chi connectivity index (χ3v) is 3.36. The van der Waals surface area contributed by atoms with Gasteiger partial charge in [0.2, 0.25) is 0 Å². The molecule has 1 heterocycles. The van der Waals surface area contributed by atoms with Crippen molar-refractivity contribution in [3.63, 3.8) is 0 Å². The van der Waals surface area contributed by atoms with Crippen LogP contribution >= 0.6 is 11.6 Å². The summed E-state index contributed by atoms with van der Waals surface area (Å²) in [6, 6.07) is 9.45. The Morgan fingerprint density at radius 1 is 1.19 bits per heavy atom. The standard InChI is InChI=1S/C14H11ClFN5/c1-8-2-3-9(15)6-13(8)21-14(18-19-20-21)11-7-10(16)4-5-12(11)17/h2-7H,17H2,1H3. The van der Waals surface area contributed by atoms with E-state index < -0.39 is 5.82 Å². The quantitative estimate of drug-likeness (QED) is 0.739. The highest BCUT2D eigenvalue weighted by molar-refractivity contribution is 6.30. The first-order valence-electron chi connectivity index (χ1n) is 6.16. The maximum absolute atomic E-state index is 13.5. The number of nitrogens with two attached hydrogens (primary N) is 1. The van der Waals surface area contributed by atoms with Crippen LogP contribution in [0.2, 0.25) is 5.02 Å². The van der Waals surface area contributed by atoms with Crippen LogP contribution in [0.3, 0.4) is 0 Å². The first-order chi connectivity index (χ1) is 10.1. The second-order valence-electron chi connectivity index (χ2n) is 4.58. The van der Waals surface area contributed by atoms with Crippen molar-refractivity contribution in [2.45, 2.75) is 6.92 Å². The summed E-state index contributed by atoms with van der Waals surface area (Å²) in [4.78, 5) is 0. The zero-order valence-corrected chi connectivity index (χ0v) is 11.8. The molecule has 2 N–H and O–H groups in total. The van der Waals surface area contributed by atoms with Gasteiger partial charge in [-0.3, -0.25) is 0 Å². The molecule has 0 bridgehead atoms. The lowest BCUT2D eigenvalue weighted by Crippen LogP contribution is -2.04. The molecule has 0 fully saturated rings. The van der Waals surface area contributed by atoms with E-state index in [1.54, 1.807) is 12.1 Å². The lowest BCUT2D eigenvalue weighted by Gasteiger charge is -2.09. The van der Waals surface area contributed by atoms with Crippen LogP contribution in [0.4, 0.5) is 10.1 Å². The number of aromatic nitrogens is 4. The van der Waals surface area contributed by atoms with Crippen LogP contribution in [0.1, 0.15) is 5.56 Å². The minimum absolute atomic E-state index is 0.359. The maximum Gasteiger partial charge on any atom is 0.189 e. The van der Waals surface area contributed by atoms with E-state index in [4.69, 9.17) is 17.3 Å². The Labute approximate surface area is 125 Å². The average molecular weight is 304 g/mol. The Kier molecular flexibility index (Phi) is 3.31. The predicted molar refractivity (Wildman–Crippen MR) is 78.7 cm³/mol. The van der Waals surface area contributed by atoms with Crippen molar-refractivity contribution < 1.29 is 4.39 Å². The van der Waals surface area contributed by atoms with E-state index in [0.717, 1.165) is 5.56 Å². The highest BCUT2D eigenvalue weighted by Crippen LogP contribution is 2.28. The Balaban J connectivity index is 2.22. The minimum atomic E-state index is -0.406. The molecule has 0 saturated heterocycles. The van der Waals surface area contributed by atoms with Crippen LogP contribution in [0.25, 0.3) is 17.1 Å². The fourth-order valence-electron chi connectivity index (χ4n) is 2.05. The number of benzene rings is 2. The van der Waals surface area contributed by atoms with Crippen LogP contribution in [-0.2, 0) is 0 Å². The molecule has 0 aliphatic carbocycles. The summed E-state index contributed by atoms with van der Waals surface area (Å²) in [5.74, 6) is -0.0473. The van der Waals surface area contributed by atoms with Gasteiger partial charge in [-0.05, 0) is 53.2 Å². The van der Waals surface area contributed by atoms with Gasteiger partial charge in [0.05, 0.1) is 5.69 Å². The normalized spacial score (nSPS) is 10.8. The van der Waals surface area contributed by atoms with Crippen molar-refractivity contribution in [3.8, 4) is 17.1 Å². The Hall–Kier alpha value is -2.47. The molecule has 0 amide bonds. The van der Waals surface area contributed by atoms with Crippen molar-refractivity contribution in [2.75, 3.05) is 5.73 Å². The van der Waals surface area contributed by atoms with E-state index in [-0.39, 0.29) is 0 Å². The molecule has 1 aromatic heterocycles. The van der Waals surface area contributed by atoms with E-state index in [1.807, 2.05) is 13.0 Å². The largest absolute Gasteiger partial charge is 0.398 e. The molecule has 7 heteroatoms. The first-order valence-corrected chi connectivity index (χ1v) is 6.54. The third-order valence-electron chi connectivity index (χ3n) is 3.13. The second-order valence-corrected chi connectivity index (χ2v) is 5.01. The molecule has 21 heavy (non-hydrogen) atoms. The van der Waals surface area contributed by atoms with Crippen molar-refractivity contribution in [1.82, 2.24) is 20.2 Å². The van der Waals surface area contributed by atoms with Gasteiger partial charge in [-0.1, -0.05) is 17.7 Å². The van der Waals surface area contributed by atoms with Crippen molar-refractivity contribution in [1.29, 1.82) is 0 Å². The molecule has 0 unspecified atom stereocenters. The van der Waals surface area contributed by atoms with Gasteiger partial charge in [-0.15, -0.1) is 5.10 Å². The number of nitrogens with zero attached hydrogens (tertiary/aromatic N) is 4. The number of hydrogen-bond acceptors (Lipinski definition) is 4. The van der Waals surface area contributed by atoms with Gasteiger partial charge < -0.3 is 5.73 Å². The lowest BCUT2D eigenvalue weighted by atomic mass is 10.1. The molecule has 0 aliphatic rings. The molecule has 0 aliphatic heterocycles. The highest BCUT2D eigenvalue weighted by atomic mass is 35.5. The molecular formula is C14H11ClFN5. The summed E-state index contributed by atoms with van der Waals surface area (Å²) < 4.78 is 15.0. The molecule has 106 valence electrons. The van der Waals surface area contributed by atoms with Gasteiger partial charge in [0.25, 0.3) is 0 Å². The Morgan fingerprint density at radius 2 is 2.00 bits per heavy atom. The van der Waals surface area contributed by atoms with Crippen LogP contribution in [0.15, 0.2) is 36.4 Å². The number of nitrogen functional groups attached to an aromatic ring is 1. The number of hydrogen-bond donors (Lipinski definition) is 1. The van der Waals surface area contributed by atoms with E-state index in [2.05, 4.69) is 15.5 Å². The summed E-state index contributed by atoms with van der Waals surface area (Å²) in [6.45, 7) is 1.91. The van der Waals surface area contributed by atoms with Gasteiger partial charge >= 0.3 is 0 Å². The molecule has 0 atom stereocenters. The van der Waals surface area contributed by atoms with Crippen LogP contribution in [-0.4, -0.2) is 20.2 Å². The number of anilines is 1. The Morgan fingerprint density at radius 3 is 2.81 bits per heavy atom. The number of halogens is 2. The monoisotopic (exact) mass is 303 g/mol. The molecular weight excluding hydrogens is 293 g/mol. The summed E-state index contributed by atoms with van der Waals surface area (Å²) in [5.41, 5.74) is 8.37. The van der Waals surface area contributed by atoms with E-state index in [9.17, 15) is 4.39 Å². The zero-order chi connectivity index (χ0) is 15.0. The van der Waals surface area contributed by atoms with Gasteiger partial charge in [0.15, 0.2) is 5.82 Å². The smallest absolute Gasteiger partial charge is 0.189 e. The topological polar surface area (TPSA) is 69.6 Å². The van der Waals surface area contributed by atoms with Crippen molar-refractivity contribution in [2.24, 2.45) is 0 Å². The molecule has 3 rings (SSSR count). The van der Waals surface area contributed by atoms with Crippen LogP contribution in [0, 0.1) is 12.7 Å². The highest BCUT2D eigenvalue weighted by Gasteiger charge is 2.16. The summed E-state index contributed by atoms with van der Waals surface area (Å²) in [6.07, 6.45) is 0. The second kappa shape index (κ2) is 5.14. The fourth-order valence-corrected chi connectivity index (χ4v) is 2.22. The molecule has 0 spiro atoms. The zero-order valence-electron chi connectivity index (χ0n) is 11.1. The molecule has 2 aromatic carbocycles. The van der Waals surface area contributed by atoms with Gasteiger partial charge in [-0.2, -0.15) is 4.68 Å². The van der Waals surface area contributed by atoms with E-state index >= 15 is 0 Å². The summed E-state index contributed by atoms with van der Waals surface area (Å²) >= 11 is 6.02. The van der Waals surface area contributed by atoms with E-state index in [1.165, 1.54) is 22.9 Å². The molecule has 0 radical (unpaired) electrons. The number of aryl methyl sites for hydroxylation is 1. The lowest BCUT2D eigenvalue weighted by molar-refractivity contribution is 0.628. The first kappa shape index (κ1) is 13.5. The average Bonchev–Trinajstić information content (AvgIpc) is 2.93. The predicted octanol–water partition coefficient (Wildman–Crippen LogP) is 3.01. The Bertz CT molecular complexity index is 749. The van der Waals surface area contributed by atoms with Crippen molar-refractivity contribution >= 4 is 17.3 Å². The molecule has 3 aromatic rings. The van der Waals surface area contributed by atoms with Crippen molar-refractivity contribution in [3.05, 3.63) is 52.8 Å². The number of rotatable bonds is 2. The molecule has 0 saturated carbocycles. The maximum atomic E-state index is 13.5. The summed E-state index contributed by atoms with van der Waals surface area (Å²) in [7, 11) is 0.